The van der Waals surface area contributed by atoms with Gasteiger partial charge in [0.15, 0.2) is 6.29 Å². The second kappa shape index (κ2) is 16.5. The zero-order valence-corrected chi connectivity index (χ0v) is 34.0. The number of aliphatic hydroxyl groups excluding tert-OH is 6. The van der Waals surface area contributed by atoms with Gasteiger partial charge in [0.1, 0.15) is 18.3 Å². The van der Waals surface area contributed by atoms with E-state index in [9.17, 15) is 48.7 Å². The molecule has 4 saturated carbocycles. The van der Waals surface area contributed by atoms with Crippen LogP contribution in [0.5, 0.6) is 0 Å². The van der Waals surface area contributed by atoms with E-state index in [1.807, 2.05) is 20.8 Å². The van der Waals surface area contributed by atoms with Crippen LogP contribution in [0.1, 0.15) is 86.0 Å². The molecule has 18 atom stereocenters. The summed E-state index contributed by atoms with van der Waals surface area (Å²) in [7, 11) is -3.81. The van der Waals surface area contributed by atoms with E-state index in [0.29, 0.717) is 44.6 Å². The van der Waals surface area contributed by atoms with Gasteiger partial charge in [0, 0.05) is 25.4 Å². The van der Waals surface area contributed by atoms with Crippen LogP contribution in [-0.4, -0.2) is 130 Å². The molecule has 0 aromatic carbocycles. The van der Waals surface area contributed by atoms with Crippen molar-refractivity contribution in [3.63, 3.8) is 0 Å². The minimum absolute atomic E-state index is 0. The molecule has 14 nitrogen and oxygen atoms in total. The van der Waals surface area contributed by atoms with Gasteiger partial charge in [-0.05, 0) is 78.9 Å². The Labute approximate surface area is 324 Å². The third-order valence-corrected chi connectivity index (χ3v) is 14.7. The van der Waals surface area contributed by atoms with Gasteiger partial charge in [-0.2, -0.15) is 0 Å². The van der Waals surface area contributed by atoms with Gasteiger partial charge < -0.3 is 54.5 Å². The van der Waals surface area contributed by atoms with Crippen molar-refractivity contribution in [2.24, 2.45) is 52.3 Å². The van der Waals surface area contributed by atoms with Crippen molar-refractivity contribution in [3.05, 3.63) is 0 Å². The summed E-state index contributed by atoms with van der Waals surface area (Å²) in [5.74, 6) is -2.26. The summed E-state index contributed by atoms with van der Waals surface area (Å²) in [6.45, 7) is 10.5. The van der Waals surface area contributed by atoms with Gasteiger partial charge in [0.25, 0.3) is 0 Å². The van der Waals surface area contributed by atoms with Crippen LogP contribution in [0.25, 0.3) is 0 Å². The topological polar surface area (TPSA) is 236 Å². The molecule has 1 heterocycles. The molecule has 0 amide bonds. The summed E-state index contributed by atoms with van der Waals surface area (Å²) in [4.78, 5) is 0. The first-order chi connectivity index (χ1) is 23.2. The summed E-state index contributed by atoms with van der Waals surface area (Å²) in [6, 6.07) is 0. The minimum Gasteiger partial charge on any atom is -0.726 e. The Kier molecular flexibility index (Phi) is 14.3. The minimum atomic E-state index is -5.25. The molecule has 51 heavy (non-hydrogen) atoms. The normalized spacial score (nSPS) is 48.3. The average Bonchev–Trinajstić information content (AvgIpc) is 3.22. The third kappa shape index (κ3) is 8.17. The Balaban J connectivity index is 0.00000583. The Morgan fingerprint density at radius 2 is 1.51 bits per heavy atom. The second-order valence-electron chi connectivity index (χ2n) is 17.1. The van der Waals surface area contributed by atoms with Crippen molar-refractivity contribution in [2.75, 3.05) is 20.3 Å². The molecule has 0 radical (unpaired) electrons. The summed E-state index contributed by atoms with van der Waals surface area (Å²) in [5.41, 5.74) is -3.37. The first-order valence-corrected chi connectivity index (χ1v) is 19.8. The number of ether oxygens (including phenoxy) is 3. The van der Waals surface area contributed by atoms with E-state index in [1.54, 1.807) is 0 Å². The fourth-order valence-electron chi connectivity index (χ4n) is 11.8. The SMILES string of the molecule is CO[C@@H]1CO[C@@H](OCCC(CCC(C)C2C(O)C(O)C3C4(O)CC(OS(=O)(=O)[O-])C5C(O)C(O)CC[C@]5(C)C4CC[C@]23C)C(C)C)C(O)C1O.[Na+]. The average molecular weight is 761 g/mol. The Morgan fingerprint density at radius 3 is 2.12 bits per heavy atom. The zero-order valence-electron chi connectivity index (χ0n) is 31.2. The van der Waals surface area contributed by atoms with Gasteiger partial charge in [-0.25, -0.2) is 8.42 Å². The molecular weight excluding hydrogens is 699 g/mol. The maximum Gasteiger partial charge on any atom is 1.00 e. The van der Waals surface area contributed by atoms with Gasteiger partial charge in [-0.3, -0.25) is 4.18 Å². The van der Waals surface area contributed by atoms with Gasteiger partial charge in [-0.15, -0.1) is 0 Å². The molecule has 5 fully saturated rings. The van der Waals surface area contributed by atoms with Crippen LogP contribution in [0.2, 0.25) is 0 Å². The second-order valence-corrected chi connectivity index (χ2v) is 18.1. The van der Waals surface area contributed by atoms with Crippen molar-refractivity contribution < 1.29 is 96.7 Å². The monoisotopic (exact) mass is 760 g/mol. The molecule has 16 heteroatoms. The van der Waals surface area contributed by atoms with E-state index >= 15 is 0 Å². The quantitative estimate of drug-likeness (QED) is 0.0629. The van der Waals surface area contributed by atoms with Crippen LogP contribution in [0.15, 0.2) is 0 Å². The Bertz CT molecular complexity index is 1280. The van der Waals surface area contributed by atoms with Crippen molar-refractivity contribution >= 4 is 10.4 Å². The predicted octanol–water partition coefficient (Wildman–Crippen LogP) is -2.32. The largest absolute Gasteiger partial charge is 1.00 e. The van der Waals surface area contributed by atoms with E-state index < -0.39 is 106 Å². The van der Waals surface area contributed by atoms with E-state index in [1.165, 1.54) is 7.11 Å². The van der Waals surface area contributed by atoms with Gasteiger partial charge >= 0.3 is 29.6 Å². The van der Waals surface area contributed by atoms with E-state index in [2.05, 4.69) is 13.8 Å². The van der Waals surface area contributed by atoms with Crippen LogP contribution in [0, 0.1) is 52.3 Å². The van der Waals surface area contributed by atoms with Gasteiger partial charge in [-0.1, -0.05) is 41.0 Å². The van der Waals surface area contributed by atoms with Crippen LogP contribution in [0.4, 0.5) is 0 Å². The molecule has 5 rings (SSSR count). The zero-order chi connectivity index (χ0) is 37.1. The van der Waals surface area contributed by atoms with Crippen LogP contribution >= 0.6 is 0 Å². The van der Waals surface area contributed by atoms with Crippen molar-refractivity contribution in [3.8, 4) is 0 Å². The van der Waals surface area contributed by atoms with Gasteiger partial charge in [0.05, 0.1) is 49.3 Å². The first-order valence-electron chi connectivity index (χ1n) is 18.4. The molecule has 0 bridgehead atoms. The fourth-order valence-corrected chi connectivity index (χ4v) is 12.3. The molecule has 0 aromatic rings. The molecule has 0 spiro atoms. The van der Waals surface area contributed by atoms with Crippen molar-refractivity contribution in [1.29, 1.82) is 0 Å². The maximum absolute atomic E-state index is 12.7. The van der Waals surface area contributed by atoms with Crippen molar-refractivity contribution in [2.45, 2.75) is 147 Å². The summed E-state index contributed by atoms with van der Waals surface area (Å²) >= 11 is 0. The molecule has 1 aliphatic heterocycles. The molecule has 7 N–H and O–H groups in total. The summed E-state index contributed by atoms with van der Waals surface area (Å²) in [5, 5.41) is 78.5. The van der Waals surface area contributed by atoms with E-state index in [4.69, 9.17) is 18.4 Å². The molecule has 5 aliphatic rings. The van der Waals surface area contributed by atoms with Crippen LogP contribution < -0.4 is 29.6 Å². The van der Waals surface area contributed by atoms with Crippen molar-refractivity contribution in [1.82, 2.24) is 0 Å². The first kappa shape index (κ1) is 44.2. The summed E-state index contributed by atoms with van der Waals surface area (Å²) < 4.78 is 57.3. The number of aliphatic hydroxyl groups is 7. The summed E-state index contributed by atoms with van der Waals surface area (Å²) in [6.07, 6.45) is -6.91. The number of methoxy groups -OCH3 is 1. The van der Waals surface area contributed by atoms with Gasteiger partial charge in [0.2, 0.25) is 10.4 Å². The Morgan fingerprint density at radius 1 is 0.863 bits per heavy atom. The Hall–Kier alpha value is 0.470. The molecule has 292 valence electrons. The van der Waals surface area contributed by atoms with E-state index in [0.717, 1.165) is 6.42 Å². The maximum atomic E-state index is 12.7. The number of fused-ring (bicyclic) bond motifs is 5. The predicted molar refractivity (Wildman–Crippen MR) is 177 cm³/mol. The fraction of sp³-hybridized carbons (Fsp3) is 1.00. The number of rotatable bonds is 12. The molecular formula is C35H61NaO14S. The molecule has 0 aromatic heterocycles. The van der Waals surface area contributed by atoms with Crippen LogP contribution in [0.3, 0.4) is 0 Å². The standard InChI is InChI=1S/C35H62O14S.Na/c1-17(2)19(11-14-47-32-30(41)27(38)22(46-6)16-48-32)8-7-18(3)24-28(39)29(40)31-34(24,5)13-10-23-33(4)12-9-20(36)26(37)25(33)21(15-35(23,31)42)49-50(43,44)45;/h17-32,36-42H,7-16H2,1-6H3,(H,43,44,45);/q;+1/p-1/t18?,19?,20?,21?,22-,23?,24?,25?,26?,27?,28?,29?,30?,31?,32-,33-,34-,35?;/m1./s1. The smallest absolute Gasteiger partial charge is 0.726 e. The molecule has 14 unspecified atom stereocenters. The molecule has 4 aliphatic carbocycles. The van der Waals surface area contributed by atoms with Crippen LogP contribution in [-0.2, 0) is 28.8 Å². The van der Waals surface area contributed by atoms with E-state index in [-0.39, 0.29) is 60.8 Å². The third-order valence-electron chi connectivity index (χ3n) is 14.2. The number of hydrogen-bond donors (Lipinski definition) is 7. The number of hydrogen-bond acceptors (Lipinski definition) is 14. The molecule has 1 saturated heterocycles.